The Morgan fingerprint density at radius 3 is 2.81 bits per heavy atom. The van der Waals surface area contributed by atoms with E-state index in [1.807, 2.05) is 0 Å². The van der Waals surface area contributed by atoms with Crippen molar-refractivity contribution in [3.63, 3.8) is 0 Å². The number of anilines is 1. The highest BCUT2D eigenvalue weighted by atomic mass is 16.5. The Balaban J connectivity index is 1.70. The summed E-state index contributed by atoms with van der Waals surface area (Å²) in [4.78, 5) is 2.41. The van der Waals surface area contributed by atoms with E-state index in [1.54, 1.807) is 0 Å². The van der Waals surface area contributed by atoms with Gasteiger partial charge in [-0.15, -0.1) is 0 Å². The maximum Gasteiger partial charge on any atom is 0.142 e. The standard InChI is InChI=1S/C17H26N2O2/c1-13-2-3-17(21-12-14-6-9-20-11-14)16(10-13)19-7-4-15(18)5-8-19/h2-3,10,14-15H,4-9,11-12,18H2,1H3. The third kappa shape index (κ3) is 3.69. The lowest BCUT2D eigenvalue weighted by Crippen LogP contribution is -2.39. The minimum Gasteiger partial charge on any atom is -0.491 e. The molecule has 2 fully saturated rings. The largest absolute Gasteiger partial charge is 0.491 e. The Morgan fingerprint density at radius 2 is 2.10 bits per heavy atom. The van der Waals surface area contributed by atoms with Crippen LogP contribution < -0.4 is 15.4 Å². The van der Waals surface area contributed by atoms with E-state index in [-0.39, 0.29) is 0 Å². The van der Waals surface area contributed by atoms with E-state index in [4.69, 9.17) is 15.2 Å². The highest BCUT2D eigenvalue weighted by molar-refractivity contribution is 5.60. The van der Waals surface area contributed by atoms with Crippen molar-refractivity contribution in [3.8, 4) is 5.75 Å². The van der Waals surface area contributed by atoms with Gasteiger partial charge in [0.05, 0.1) is 18.9 Å². The lowest BCUT2D eigenvalue weighted by atomic mass is 10.0. The minimum absolute atomic E-state index is 0.353. The zero-order valence-corrected chi connectivity index (χ0v) is 12.9. The molecule has 2 aliphatic heterocycles. The van der Waals surface area contributed by atoms with E-state index < -0.39 is 0 Å². The molecule has 4 nitrogen and oxygen atoms in total. The summed E-state index contributed by atoms with van der Waals surface area (Å²) in [5.74, 6) is 1.54. The summed E-state index contributed by atoms with van der Waals surface area (Å²) in [5.41, 5.74) is 8.51. The van der Waals surface area contributed by atoms with Gasteiger partial charge in [0.15, 0.2) is 0 Å². The van der Waals surface area contributed by atoms with Crippen LogP contribution in [0, 0.1) is 12.8 Å². The van der Waals surface area contributed by atoms with Crippen molar-refractivity contribution < 1.29 is 9.47 Å². The second-order valence-electron chi connectivity index (χ2n) is 6.34. The molecule has 2 N–H and O–H groups in total. The average Bonchev–Trinajstić information content (AvgIpc) is 3.00. The van der Waals surface area contributed by atoms with Crippen LogP contribution in [-0.2, 0) is 4.74 Å². The first-order chi connectivity index (χ1) is 10.2. The van der Waals surface area contributed by atoms with Crippen molar-refractivity contribution in [3.05, 3.63) is 23.8 Å². The fourth-order valence-corrected chi connectivity index (χ4v) is 3.06. The van der Waals surface area contributed by atoms with Crippen molar-refractivity contribution in [1.29, 1.82) is 0 Å². The topological polar surface area (TPSA) is 47.7 Å². The van der Waals surface area contributed by atoms with Gasteiger partial charge in [0.25, 0.3) is 0 Å². The van der Waals surface area contributed by atoms with E-state index in [9.17, 15) is 0 Å². The highest BCUT2D eigenvalue weighted by Gasteiger charge is 2.21. The number of rotatable bonds is 4. The molecule has 4 heteroatoms. The van der Waals surface area contributed by atoms with Crippen LogP contribution in [0.25, 0.3) is 0 Å². The predicted molar refractivity (Wildman–Crippen MR) is 85.0 cm³/mol. The van der Waals surface area contributed by atoms with Crippen LogP contribution in [0.1, 0.15) is 24.8 Å². The van der Waals surface area contributed by atoms with Gasteiger partial charge in [-0.1, -0.05) is 6.07 Å². The van der Waals surface area contributed by atoms with Gasteiger partial charge in [-0.3, -0.25) is 0 Å². The molecule has 3 rings (SSSR count). The number of nitrogens with zero attached hydrogens (tertiary/aromatic N) is 1. The molecule has 0 bridgehead atoms. The van der Waals surface area contributed by atoms with Crippen LogP contribution in [0.3, 0.4) is 0 Å². The maximum absolute atomic E-state index is 6.10. The monoisotopic (exact) mass is 290 g/mol. The van der Waals surface area contributed by atoms with Gasteiger partial charge >= 0.3 is 0 Å². The predicted octanol–water partition coefficient (Wildman–Crippen LogP) is 2.34. The van der Waals surface area contributed by atoms with Crippen molar-refractivity contribution in [2.24, 2.45) is 11.7 Å². The molecule has 116 valence electrons. The molecule has 21 heavy (non-hydrogen) atoms. The second kappa shape index (κ2) is 6.67. The quantitative estimate of drug-likeness (QED) is 0.924. The highest BCUT2D eigenvalue weighted by Crippen LogP contribution is 2.32. The number of ether oxygens (including phenoxy) is 2. The summed E-state index contributed by atoms with van der Waals surface area (Å²) in [6, 6.07) is 6.82. The summed E-state index contributed by atoms with van der Waals surface area (Å²) in [7, 11) is 0. The molecule has 1 aromatic carbocycles. The Kier molecular flexibility index (Phi) is 4.66. The lowest BCUT2D eigenvalue weighted by molar-refractivity contribution is 0.167. The molecule has 1 unspecified atom stereocenters. The van der Waals surface area contributed by atoms with E-state index in [2.05, 4.69) is 30.0 Å². The van der Waals surface area contributed by atoms with Gasteiger partial charge in [-0.25, -0.2) is 0 Å². The molecule has 0 spiro atoms. The van der Waals surface area contributed by atoms with Crippen molar-refractivity contribution in [2.45, 2.75) is 32.2 Å². The fourth-order valence-electron chi connectivity index (χ4n) is 3.06. The number of hydrogen-bond donors (Lipinski definition) is 1. The van der Waals surface area contributed by atoms with Crippen LogP contribution in [0.15, 0.2) is 18.2 Å². The number of hydrogen-bond acceptors (Lipinski definition) is 4. The Hall–Kier alpha value is -1.26. The van der Waals surface area contributed by atoms with Crippen LogP contribution in [-0.4, -0.2) is 39.0 Å². The van der Waals surface area contributed by atoms with Crippen molar-refractivity contribution in [2.75, 3.05) is 37.8 Å². The molecule has 0 saturated carbocycles. The maximum atomic E-state index is 6.10. The fraction of sp³-hybridized carbons (Fsp3) is 0.647. The normalized spacial score (nSPS) is 23.5. The SMILES string of the molecule is Cc1ccc(OCC2CCOC2)c(N2CCC(N)CC2)c1. The molecule has 0 aliphatic carbocycles. The van der Waals surface area contributed by atoms with Gasteiger partial charge in [0.1, 0.15) is 5.75 Å². The van der Waals surface area contributed by atoms with Crippen molar-refractivity contribution in [1.82, 2.24) is 0 Å². The number of nitrogens with two attached hydrogens (primary N) is 1. The number of aryl methyl sites for hydroxylation is 1. The van der Waals surface area contributed by atoms with Gasteiger partial charge in [-0.2, -0.15) is 0 Å². The van der Waals surface area contributed by atoms with Gasteiger partial charge in [0.2, 0.25) is 0 Å². The molecular formula is C17H26N2O2. The smallest absolute Gasteiger partial charge is 0.142 e. The van der Waals surface area contributed by atoms with Crippen LogP contribution in [0.2, 0.25) is 0 Å². The summed E-state index contributed by atoms with van der Waals surface area (Å²) >= 11 is 0. The molecule has 0 radical (unpaired) electrons. The lowest BCUT2D eigenvalue weighted by Gasteiger charge is -2.33. The van der Waals surface area contributed by atoms with Crippen molar-refractivity contribution >= 4 is 5.69 Å². The molecule has 0 amide bonds. The molecule has 2 saturated heterocycles. The second-order valence-corrected chi connectivity index (χ2v) is 6.34. The Morgan fingerprint density at radius 1 is 1.29 bits per heavy atom. The van der Waals surface area contributed by atoms with Gasteiger partial charge in [0, 0.05) is 31.7 Å². The molecule has 2 aliphatic rings. The van der Waals surface area contributed by atoms with Crippen LogP contribution in [0.4, 0.5) is 5.69 Å². The third-order valence-corrected chi connectivity index (χ3v) is 4.49. The number of benzene rings is 1. The molecule has 1 aromatic rings. The average molecular weight is 290 g/mol. The van der Waals surface area contributed by atoms with Gasteiger partial charge in [-0.05, 0) is 43.9 Å². The molecule has 0 aromatic heterocycles. The van der Waals surface area contributed by atoms with Gasteiger partial charge < -0.3 is 20.1 Å². The molecular weight excluding hydrogens is 264 g/mol. The summed E-state index contributed by atoms with van der Waals surface area (Å²) in [5, 5.41) is 0. The van der Waals surface area contributed by atoms with E-state index in [0.717, 1.165) is 57.9 Å². The first-order valence-corrected chi connectivity index (χ1v) is 8.04. The van der Waals surface area contributed by atoms with Crippen LogP contribution >= 0.6 is 0 Å². The summed E-state index contributed by atoms with van der Waals surface area (Å²) in [6.45, 7) is 6.64. The van der Waals surface area contributed by atoms with E-state index in [0.29, 0.717) is 12.0 Å². The first kappa shape index (κ1) is 14.7. The Labute approximate surface area is 127 Å². The Bertz CT molecular complexity index is 464. The van der Waals surface area contributed by atoms with E-state index >= 15 is 0 Å². The number of piperidine rings is 1. The summed E-state index contributed by atoms with van der Waals surface area (Å²) < 4.78 is 11.5. The zero-order chi connectivity index (χ0) is 14.7. The van der Waals surface area contributed by atoms with E-state index in [1.165, 1.54) is 11.3 Å². The third-order valence-electron chi connectivity index (χ3n) is 4.49. The summed E-state index contributed by atoms with van der Waals surface area (Å²) in [6.07, 6.45) is 3.23. The first-order valence-electron chi connectivity index (χ1n) is 8.04. The minimum atomic E-state index is 0.353. The molecule has 2 heterocycles. The zero-order valence-electron chi connectivity index (χ0n) is 12.9. The van der Waals surface area contributed by atoms with Crippen LogP contribution in [0.5, 0.6) is 5.75 Å². The molecule has 1 atom stereocenters.